The summed E-state index contributed by atoms with van der Waals surface area (Å²) in [6.07, 6.45) is 5.32. The van der Waals surface area contributed by atoms with Gasteiger partial charge in [-0.25, -0.2) is 9.97 Å². The Bertz CT molecular complexity index is 812. The molecule has 0 saturated carbocycles. The normalized spacial score (nSPS) is 17.7. The predicted octanol–water partition coefficient (Wildman–Crippen LogP) is 1.99. The number of piperazine rings is 1. The maximum Gasteiger partial charge on any atom is 0.257 e. The van der Waals surface area contributed by atoms with Crippen LogP contribution in [0.2, 0.25) is 0 Å². The fourth-order valence-corrected chi connectivity index (χ4v) is 3.78. The molecule has 1 aromatic heterocycles. The van der Waals surface area contributed by atoms with E-state index in [9.17, 15) is 4.79 Å². The lowest BCUT2D eigenvalue weighted by molar-refractivity contribution is 0.0734. The molecule has 142 valence electrons. The number of carbonyl (C=O) groups excluding carboxylic acids is 1. The topological polar surface area (TPSA) is 52.6 Å². The minimum Gasteiger partial charge on any atom is -0.338 e. The molecule has 0 radical (unpaired) electrons. The second-order valence-corrected chi connectivity index (χ2v) is 7.50. The van der Waals surface area contributed by atoms with E-state index in [0.29, 0.717) is 12.1 Å². The smallest absolute Gasteiger partial charge is 0.257 e. The Morgan fingerprint density at radius 1 is 1.04 bits per heavy atom. The van der Waals surface area contributed by atoms with Crippen molar-refractivity contribution in [3.8, 4) is 0 Å². The van der Waals surface area contributed by atoms with E-state index >= 15 is 0 Å². The zero-order valence-electron chi connectivity index (χ0n) is 16.2. The fourth-order valence-electron chi connectivity index (χ4n) is 3.78. The van der Waals surface area contributed by atoms with Gasteiger partial charge in [-0.1, -0.05) is 25.1 Å². The van der Waals surface area contributed by atoms with Crippen LogP contribution >= 0.6 is 0 Å². The average Bonchev–Trinajstić information content (AvgIpc) is 2.73. The molecule has 6 heteroatoms. The Morgan fingerprint density at radius 2 is 1.78 bits per heavy atom. The zero-order chi connectivity index (χ0) is 18.8. The second-order valence-electron chi connectivity index (χ2n) is 7.50. The summed E-state index contributed by atoms with van der Waals surface area (Å²) in [5.74, 6) is 0.737. The first-order valence-electron chi connectivity index (χ1n) is 9.79. The highest BCUT2D eigenvalue weighted by Crippen LogP contribution is 2.22. The van der Waals surface area contributed by atoms with Crippen LogP contribution in [0.15, 0.2) is 30.6 Å². The van der Waals surface area contributed by atoms with Crippen molar-refractivity contribution in [3.05, 3.63) is 52.8 Å². The molecule has 3 heterocycles. The lowest BCUT2D eigenvalue weighted by Gasteiger charge is -2.32. The maximum atomic E-state index is 12.9. The van der Waals surface area contributed by atoms with E-state index in [1.165, 1.54) is 16.7 Å². The van der Waals surface area contributed by atoms with Crippen molar-refractivity contribution in [2.75, 3.05) is 44.7 Å². The number of aromatic nitrogens is 2. The van der Waals surface area contributed by atoms with Crippen molar-refractivity contribution in [3.63, 3.8) is 0 Å². The Balaban J connectivity index is 1.43. The van der Waals surface area contributed by atoms with Gasteiger partial charge in [0.25, 0.3) is 5.91 Å². The summed E-state index contributed by atoms with van der Waals surface area (Å²) in [6.45, 7) is 7.45. The lowest BCUT2D eigenvalue weighted by Crippen LogP contribution is -2.45. The number of nitrogens with zero attached hydrogens (tertiary/aromatic N) is 5. The van der Waals surface area contributed by atoms with Gasteiger partial charge >= 0.3 is 0 Å². The summed E-state index contributed by atoms with van der Waals surface area (Å²) in [7, 11) is 2.12. The van der Waals surface area contributed by atoms with Crippen LogP contribution < -0.4 is 4.90 Å². The van der Waals surface area contributed by atoms with Gasteiger partial charge in [0.2, 0.25) is 5.95 Å². The van der Waals surface area contributed by atoms with Gasteiger partial charge in [0.05, 0.1) is 5.56 Å². The van der Waals surface area contributed by atoms with Gasteiger partial charge in [-0.15, -0.1) is 0 Å². The molecule has 1 aromatic carbocycles. The third-order valence-electron chi connectivity index (χ3n) is 5.65. The molecule has 2 aliphatic rings. The number of aryl methyl sites for hydroxylation is 1. The quantitative estimate of drug-likeness (QED) is 0.833. The molecule has 4 rings (SSSR count). The maximum absolute atomic E-state index is 12.9. The Labute approximate surface area is 160 Å². The van der Waals surface area contributed by atoms with Gasteiger partial charge in [0.15, 0.2) is 0 Å². The van der Waals surface area contributed by atoms with Crippen LogP contribution in [0.3, 0.4) is 0 Å². The molecule has 0 unspecified atom stereocenters. The average molecular weight is 365 g/mol. The molecule has 6 nitrogen and oxygen atoms in total. The molecular weight excluding hydrogens is 338 g/mol. The monoisotopic (exact) mass is 365 g/mol. The number of likely N-dealkylation sites (N-methyl/N-ethyl adjacent to an activating group) is 1. The van der Waals surface area contributed by atoms with Crippen molar-refractivity contribution in [2.24, 2.45) is 0 Å². The van der Waals surface area contributed by atoms with E-state index < -0.39 is 0 Å². The number of hydrogen-bond acceptors (Lipinski definition) is 5. The first kappa shape index (κ1) is 17.9. The van der Waals surface area contributed by atoms with E-state index in [-0.39, 0.29) is 5.91 Å². The summed E-state index contributed by atoms with van der Waals surface area (Å²) in [4.78, 5) is 28.2. The van der Waals surface area contributed by atoms with Crippen LogP contribution in [-0.4, -0.2) is 65.4 Å². The highest BCUT2D eigenvalue weighted by atomic mass is 16.2. The lowest BCUT2D eigenvalue weighted by atomic mass is 9.96. The third kappa shape index (κ3) is 3.81. The van der Waals surface area contributed by atoms with Crippen molar-refractivity contribution < 1.29 is 4.79 Å². The van der Waals surface area contributed by atoms with Crippen LogP contribution in [-0.2, 0) is 19.4 Å². The standard InChI is InChI=1S/C21H27N5O/c1-3-16-4-5-18-15-26(7-6-17(18)12-16)20(27)19-13-22-21(23-14-19)25-10-8-24(2)9-11-25/h4-5,12-14H,3,6-11,15H2,1-2H3. The molecule has 1 saturated heterocycles. The summed E-state index contributed by atoms with van der Waals surface area (Å²) in [5.41, 5.74) is 4.56. The third-order valence-corrected chi connectivity index (χ3v) is 5.65. The molecule has 1 fully saturated rings. The van der Waals surface area contributed by atoms with Gasteiger partial charge in [0.1, 0.15) is 0 Å². The molecule has 0 aliphatic carbocycles. The van der Waals surface area contributed by atoms with Crippen molar-refractivity contribution >= 4 is 11.9 Å². The number of amides is 1. The SMILES string of the molecule is CCc1ccc2c(c1)CCN(C(=O)c1cnc(N3CCN(C)CC3)nc1)C2. The highest BCUT2D eigenvalue weighted by Gasteiger charge is 2.23. The minimum absolute atomic E-state index is 0.0187. The van der Waals surface area contributed by atoms with Gasteiger partial charge in [0, 0.05) is 51.7 Å². The van der Waals surface area contributed by atoms with Gasteiger partial charge in [-0.05, 0) is 36.6 Å². The van der Waals surface area contributed by atoms with Crippen molar-refractivity contribution in [2.45, 2.75) is 26.3 Å². The van der Waals surface area contributed by atoms with Crippen molar-refractivity contribution in [1.82, 2.24) is 19.8 Å². The first-order valence-corrected chi connectivity index (χ1v) is 9.79. The van der Waals surface area contributed by atoms with Gasteiger partial charge < -0.3 is 14.7 Å². The van der Waals surface area contributed by atoms with E-state index in [2.05, 4.69) is 51.9 Å². The Morgan fingerprint density at radius 3 is 2.48 bits per heavy atom. The Kier molecular flexibility index (Phi) is 5.07. The van der Waals surface area contributed by atoms with Gasteiger partial charge in [-0.2, -0.15) is 0 Å². The van der Waals surface area contributed by atoms with E-state index in [1.54, 1.807) is 12.4 Å². The van der Waals surface area contributed by atoms with Crippen LogP contribution in [0.4, 0.5) is 5.95 Å². The van der Waals surface area contributed by atoms with Gasteiger partial charge in [-0.3, -0.25) is 4.79 Å². The summed E-state index contributed by atoms with van der Waals surface area (Å²) in [6, 6.07) is 6.62. The number of anilines is 1. The summed E-state index contributed by atoms with van der Waals surface area (Å²) in [5, 5.41) is 0. The molecule has 2 aliphatic heterocycles. The number of rotatable bonds is 3. The predicted molar refractivity (Wildman–Crippen MR) is 106 cm³/mol. The molecule has 0 bridgehead atoms. The fraction of sp³-hybridized carbons (Fsp3) is 0.476. The van der Waals surface area contributed by atoms with Crippen LogP contribution in [0.25, 0.3) is 0 Å². The largest absolute Gasteiger partial charge is 0.338 e. The number of benzene rings is 1. The highest BCUT2D eigenvalue weighted by molar-refractivity contribution is 5.93. The van der Waals surface area contributed by atoms with Crippen LogP contribution in [0.5, 0.6) is 0 Å². The zero-order valence-corrected chi connectivity index (χ0v) is 16.2. The second kappa shape index (κ2) is 7.64. The first-order chi connectivity index (χ1) is 13.1. The molecule has 0 spiro atoms. The van der Waals surface area contributed by atoms with E-state index in [1.807, 2.05) is 4.90 Å². The summed E-state index contributed by atoms with van der Waals surface area (Å²) >= 11 is 0. The van der Waals surface area contributed by atoms with E-state index in [0.717, 1.165) is 51.5 Å². The molecule has 1 amide bonds. The van der Waals surface area contributed by atoms with E-state index in [4.69, 9.17) is 0 Å². The number of hydrogen-bond donors (Lipinski definition) is 0. The minimum atomic E-state index is 0.0187. The molecular formula is C21H27N5O. The number of carbonyl (C=O) groups is 1. The van der Waals surface area contributed by atoms with Crippen LogP contribution in [0.1, 0.15) is 34.0 Å². The molecule has 0 N–H and O–H groups in total. The Hall–Kier alpha value is -2.47. The molecule has 0 atom stereocenters. The molecule has 2 aromatic rings. The van der Waals surface area contributed by atoms with Crippen molar-refractivity contribution in [1.29, 1.82) is 0 Å². The number of fused-ring (bicyclic) bond motifs is 1. The van der Waals surface area contributed by atoms with Crippen LogP contribution in [0, 0.1) is 0 Å². The molecule has 27 heavy (non-hydrogen) atoms. The summed E-state index contributed by atoms with van der Waals surface area (Å²) < 4.78 is 0.